The molecule has 0 amide bonds. The molecule has 1 aliphatic rings. The first-order valence-electron chi connectivity index (χ1n) is 7.57. The summed E-state index contributed by atoms with van der Waals surface area (Å²) in [5.41, 5.74) is 0. The lowest BCUT2D eigenvalue weighted by Gasteiger charge is -2.35. The van der Waals surface area contributed by atoms with Gasteiger partial charge in [-0.05, 0) is 51.5 Å². The molecule has 0 saturated carbocycles. The van der Waals surface area contributed by atoms with Crippen molar-refractivity contribution in [2.75, 3.05) is 32.4 Å². The van der Waals surface area contributed by atoms with E-state index < -0.39 is 0 Å². The Morgan fingerprint density at radius 1 is 1.35 bits per heavy atom. The summed E-state index contributed by atoms with van der Waals surface area (Å²) in [6.07, 6.45) is 5.19. The van der Waals surface area contributed by atoms with E-state index in [0.717, 1.165) is 23.7 Å². The van der Waals surface area contributed by atoms with Crippen molar-refractivity contribution in [3.8, 4) is 0 Å². The molecule has 1 aromatic rings. The normalized spacial score (nSPS) is 20.2. The van der Waals surface area contributed by atoms with Gasteiger partial charge in [0.25, 0.3) is 0 Å². The van der Waals surface area contributed by atoms with E-state index in [1.807, 2.05) is 19.2 Å². The molecule has 20 heavy (non-hydrogen) atoms. The van der Waals surface area contributed by atoms with Gasteiger partial charge in [0.1, 0.15) is 5.82 Å². The van der Waals surface area contributed by atoms with Gasteiger partial charge in [-0.3, -0.25) is 4.90 Å². The van der Waals surface area contributed by atoms with Gasteiger partial charge in [-0.25, -0.2) is 4.39 Å². The van der Waals surface area contributed by atoms with E-state index in [9.17, 15) is 4.39 Å². The van der Waals surface area contributed by atoms with E-state index in [4.69, 9.17) is 0 Å². The number of thioether (sulfide) groups is 1. The number of hydrogen-bond acceptors (Lipinski definition) is 3. The number of nitrogens with zero attached hydrogens (tertiary/aromatic N) is 1. The fourth-order valence-corrected chi connectivity index (χ4v) is 3.75. The lowest BCUT2D eigenvalue weighted by molar-refractivity contribution is 0.149. The average Bonchev–Trinajstić information content (AvgIpc) is 2.48. The van der Waals surface area contributed by atoms with Crippen LogP contribution < -0.4 is 5.32 Å². The maximum atomic E-state index is 13.6. The summed E-state index contributed by atoms with van der Waals surface area (Å²) >= 11 is 1.63. The topological polar surface area (TPSA) is 15.3 Å². The van der Waals surface area contributed by atoms with Crippen LogP contribution in [0.1, 0.15) is 25.7 Å². The highest BCUT2D eigenvalue weighted by atomic mass is 32.2. The third kappa shape index (κ3) is 4.76. The van der Waals surface area contributed by atoms with Crippen LogP contribution in [0.4, 0.5) is 4.39 Å². The van der Waals surface area contributed by atoms with Gasteiger partial charge >= 0.3 is 0 Å². The number of nitrogens with one attached hydrogen (secondary N) is 1. The first-order chi connectivity index (χ1) is 9.81. The minimum atomic E-state index is -0.0946. The van der Waals surface area contributed by atoms with Crippen LogP contribution in [0, 0.1) is 5.82 Å². The molecule has 112 valence electrons. The standard InChI is InChI=1S/C16H25FN2S/c1-18-10-9-14-6-4-5-11-19(14)12-13-20-16-8-3-2-7-15(16)17/h2-3,7-8,14,18H,4-6,9-13H2,1H3. The lowest BCUT2D eigenvalue weighted by Crippen LogP contribution is -2.42. The van der Waals surface area contributed by atoms with E-state index in [0.29, 0.717) is 6.04 Å². The zero-order chi connectivity index (χ0) is 14.2. The van der Waals surface area contributed by atoms with Crippen molar-refractivity contribution in [2.24, 2.45) is 0 Å². The van der Waals surface area contributed by atoms with Crippen molar-refractivity contribution in [2.45, 2.75) is 36.6 Å². The van der Waals surface area contributed by atoms with Crippen LogP contribution in [0.25, 0.3) is 0 Å². The highest BCUT2D eigenvalue weighted by Crippen LogP contribution is 2.24. The molecule has 1 aliphatic heterocycles. The minimum absolute atomic E-state index is 0.0946. The second-order valence-electron chi connectivity index (χ2n) is 5.36. The predicted octanol–water partition coefficient (Wildman–Crippen LogP) is 3.38. The summed E-state index contributed by atoms with van der Waals surface area (Å²) in [6, 6.07) is 7.77. The van der Waals surface area contributed by atoms with Crippen molar-refractivity contribution in [3.63, 3.8) is 0 Å². The summed E-state index contributed by atoms with van der Waals surface area (Å²) in [7, 11) is 2.02. The minimum Gasteiger partial charge on any atom is -0.320 e. The van der Waals surface area contributed by atoms with Crippen LogP contribution >= 0.6 is 11.8 Å². The molecular formula is C16H25FN2S. The van der Waals surface area contributed by atoms with Crippen molar-refractivity contribution in [1.82, 2.24) is 10.2 Å². The van der Waals surface area contributed by atoms with Crippen LogP contribution in [-0.2, 0) is 0 Å². The third-order valence-corrected chi connectivity index (χ3v) is 4.98. The third-order valence-electron chi connectivity index (χ3n) is 3.95. The van der Waals surface area contributed by atoms with E-state index >= 15 is 0 Å². The summed E-state index contributed by atoms with van der Waals surface area (Å²) in [4.78, 5) is 3.37. The Kier molecular flexibility index (Phi) is 6.83. The molecule has 2 rings (SSSR count). The molecule has 0 bridgehead atoms. The van der Waals surface area contributed by atoms with Crippen LogP contribution in [0.15, 0.2) is 29.2 Å². The van der Waals surface area contributed by atoms with E-state index in [1.165, 1.54) is 32.2 Å². The maximum absolute atomic E-state index is 13.6. The average molecular weight is 296 g/mol. The fraction of sp³-hybridized carbons (Fsp3) is 0.625. The van der Waals surface area contributed by atoms with E-state index in [1.54, 1.807) is 23.9 Å². The molecule has 1 fully saturated rings. The molecule has 1 unspecified atom stereocenters. The smallest absolute Gasteiger partial charge is 0.136 e. The van der Waals surface area contributed by atoms with Crippen LogP contribution in [0.3, 0.4) is 0 Å². The second-order valence-corrected chi connectivity index (χ2v) is 6.49. The second kappa shape index (κ2) is 8.65. The molecular weight excluding hydrogens is 271 g/mol. The fourth-order valence-electron chi connectivity index (χ4n) is 2.83. The van der Waals surface area contributed by atoms with Gasteiger partial charge in [-0.2, -0.15) is 0 Å². The zero-order valence-corrected chi connectivity index (χ0v) is 13.1. The Morgan fingerprint density at radius 3 is 3.00 bits per heavy atom. The number of halogens is 1. The molecule has 0 aromatic heterocycles. The molecule has 1 N–H and O–H groups in total. The first kappa shape index (κ1) is 15.8. The van der Waals surface area contributed by atoms with Crippen LogP contribution in [-0.4, -0.2) is 43.4 Å². The molecule has 1 heterocycles. The molecule has 0 radical (unpaired) electrons. The molecule has 0 spiro atoms. The Balaban J connectivity index is 1.78. The molecule has 0 aliphatic carbocycles. The number of benzene rings is 1. The Bertz CT molecular complexity index is 400. The summed E-state index contributed by atoms with van der Waals surface area (Å²) in [5, 5.41) is 3.24. The van der Waals surface area contributed by atoms with Gasteiger partial charge in [0, 0.05) is 23.2 Å². The van der Waals surface area contributed by atoms with Crippen LogP contribution in [0.2, 0.25) is 0 Å². The zero-order valence-electron chi connectivity index (χ0n) is 12.3. The number of rotatable bonds is 7. The monoisotopic (exact) mass is 296 g/mol. The quantitative estimate of drug-likeness (QED) is 0.777. The number of likely N-dealkylation sites (tertiary alicyclic amines) is 1. The molecule has 1 aromatic carbocycles. The van der Waals surface area contributed by atoms with E-state index in [2.05, 4.69) is 10.2 Å². The lowest BCUT2D eigenvalue weighted by atomic mass is 9.99. The summed E-state index contributed by atoms with van der Waals surface area (Å²) in [5.74, 6) is 0.875. The van der Waals surface area contributed by atoms with Gasteiger partial charge in [-0.15, -0.1) is 11.8 Å². The Morgan fingerprint density at radius 2 is 2.20 bits per heavy atom. The van der Waals surface area contributed by atoms with Gasteiger partial charge in [0.2, 0.25) is 0 Å². The van der Waals surface area contributed by atoms with Crippen LogP contribution in [0.5, 0.6) is 0 Å². The molecule has 4 heteroatoms. The van der Waals surface area contributed by atoms with Crippen molar-refractivity contribution >= 4 is 11.8 Å². The SMILES string of the molecule is CNCCC1CCCCN1CCSc1ccccc1F. The summed E-state index contributed by atoms with van der Waals surface area (Å²) < 4.78 is 13.6. The van der Waals surface area contributed by atoms with Crippen molar-refractivity contribution < 1.29 is 4.39 Å². The predicted molar refractivity (Wildman–Crippen MR) is 84.9 cm³/mol. The van der Waals surface area contributed by atoms with Gasteiger partial charge in [0.15, 0.2) is 0 Å². The number of hydrogen-bond donors (Lipinski definition) is 1. The van der Waals surface area contributed by atoms with Crippen molar-refractivity contribution in [3.05, 3.63) is 30.1 Å². The Labute approximate surface area is 126 Å². The first-order valence-corrected chi connectivity index (χ1v) is 8.56. The maximum Gasteiger partial charge on any atom is 0.136 e. The number of piperidine rings is 1. The molecule has 2 nitrogen and oxygen atoms in total. The molecule has 1 saturated heterocycles. The van der Waals surface area contributed by atoms with Gasteiger partial charge in [0.05, 0.1) is 0 Å². The summed E-state index contributed by atoms with van der Waals surface area (Å²) in [6.45, 7) is 3.35. The molecule has 1 atom stereocenters. The highest BCUT2D eigenvalue weighted by molar-refractivity contribution is 7.99. The van der Waals surface area contributed by atoms with Gasteiger partial charge in [-0.1, -0.05) is 18.6 Å². The van der Waals surface area contributed by atoms with Crippen molar-refractivity contribution in [1.29, 1.82) is 0 Å². The highest BCUT2D eigenvalue weighted by Gasteiger charge is 2.21. The van der Waals surface area contributed by atoms with E-state index in [-0.39, 0.29) is 5.82 Å². The van der Waals surface area contributed by atoms with Gasteiger partial charge < -0.3 is 5.32 Å². The Hall–Kier alpha value is -0.580. The largest absolute Gasteiger partial charge is 0.320 e.